The quantitative estimate of drug-likeness (QED) is 0.620. The number of ether oxygens (including phenoxy) is 1. The summed E-state index contributed by atoms with van der Waals surface area (Å²) in [6.45, 7) is 13.6. The van der Waals surface area contributed by atoms with E-state index in [-0.39, 0.29) is 5.54 Å². The zero-order valence-corrected chi connectivity index (χ0v) is 11.9. The summed E-state index contributed by atoms with van der Waals surface area (Å²) in [4.78, 5) is 4.37. The second kappa shape index (κ2) is 6.55. The van der Waals surface area contributed by atoms with E-state index >= 15 is 0 Å². The molecule has 0 spiro atoms. The summed E-state index contributed by atoms with van der Waals surface area (Å²) in [5.74, 6) is 0.697. The van der Waals surface area contributed by atoms with Crippen LogP contribution in [0.15, 0.2) is 24.8 Å². The molecule has 3 nitrogen and oxygen atoms in total. The van der Waals surface area contributed by atoms with E-state index < -0.39 is 0 Å². The van der Waals surface area contributed by atoms with Crippen molar-refractivity contribution in [1.82, 2.24) is 10.3 Å². The average molecular weight is 248 g/mol. The fraction of sp³-hybridized carbons (Fsp3) is 0.533. The molecule has 0 aromatic carbocycles. The lowest BCUT2D eigenvalue weighted by atomic mass is 10.1. The molecule has 0 amide bonds. The van der Waals surface area contributed by atoms with Gasteiger partial charge < -0.3 is 10.1 Å². The molecule has 0 saturated heterocycles. The fourth-order valence-electron chi connectivity index (χ4n) is 1.50. The van der Waals surface area contributed by atoms with E-state index in [0.29, 0.717) is 12.5 Å². The predicted molar refractivity (Wildman–Crippen MR) is 75.9 cm³/mol. The molecule has 100 valence electrons. The van der Waals surface area contributed by atoms with Crippen molar-refractivity contribution in [1.29, 1.82) is 0 Å². The third-order valence-corrected chi connectivity index (χ3v) is 2.38. The van der Waals surface area contributed by atoms with Crippen LogP contribution in [0.1, 0.15) is 38.4 Å². The number of hydrogen-bond acceptors (Lipinski definition) is 3. The molecular formula is C15H24N2O. The zero-order chi connectivity index (χ0) is 13.6. The minimum absolute atomic E-state index is 0.112. The first kappa shape index (κ1) is 14.7. The number of aryl methyl sites for hydroxylation is 1. The molecule has 0 radical (unpaired) electrons. The Morgan fingerprint density at radius 1 is 1.39 bits per heavy atom. The van der Waals surface area contributed by atoms with Crippen LogP contribution >= 0.6 is 0 Å². The fourth-order valence-corrected chi connectivity index (χ4v) is 1.50. The smallest absolute Gasteiger partial charge is 0.213 e. The van der Waals surface area contributed by atoms with E-state index in [2.05, 4.69) is 43.7 Å². The van der Waals surface area contributed by atoms with Crippen molar-refractivity contribution < 1.29 is 4.74 Å². The molecule has 0 atom stereocenters. The van der Waals surface area contributed by atoms with Crippen molar-refractivity contribution in [3.8, 4) is 5.88 Å². The van der Waals surface area contributed by atoms with Gasteiger partial charge in [-0.25, -0.2) is 4.98 Å². The topological polar surface area (TPSA) is 34.1 Å². The number of nitrogens with one attached hydrogen (secondary N) is 1. The van der Waals surface area contributed by atoms with Gasteiger partial charge in [0.2, 0.25) is 5.88 Å². The normalized spacial score (nSPS) is 11.3. The van der Waals surface area contributed by atoms with Crippen LogP contribution in [0.25, 0.3) is 0 Å². The molecule has 1 aromatic rings. The van der Waals surface area contributed by atoms with Gasteiger partial charge in [-0.15, -0.1) is 6.58 Å². The first-order valence-corrected chi connectivity index (χ1v) is 6.37. The monoisotopic (exact) mass is 248 g/mol. The second-order valence-corrected chi connectivity index (χ2v) is 5.48. The lowest BCUT2D eigenvalue weighted by molar-refractivity contribution is 0.311. The van der Waals surface area contributed by atoms with Gasteiger partial charge in [0, 0.05) is 23.8 Å². The van der Waals surface area contributed by atoms with Crippen molar-refractivity contribution in [2.45, 2.75) is 46.2 Å². The Labute approximate surface area is 110 Å². The highest BCUT2D eigenvalue weighted by atomic mass is 16.5. The maximum Gasteiger partial charge on any atom is 0.213 e. The SMILES string of the molecule is C=CCCOc1cc(CNC(C)(C)C)cc(C)n1. The first-order chi connectivity index (χ1) is 8.40. The standard InChI is InChI=1S/C15H24N2O/c1-6-7-8-18-14-10-13(9-12(2)17-14)11-16-15(3,4)5/h6,9-10,16H,1,7-8,11H2,2-5H3. The minimum Gasteiger partial charge on any atom is -0.477 e. The van der Waals surface area contributed by atoms with Gasteiger partial charge in [-0.3, -0.25) is 0 Å². The van der Waals surface area contributed by atoms with Crippen LogP contribution in [-0.4, -0.2) is 17.1 Å². The molecule has 0 unspecified atom stereocenters. The lowest BCUT2D eigenvalue weighted by Crippen LogP contribution is -2.35. The molecule has 0 saturated carbocycles. The highest BCUT2D eigenvalue weighted by Crippen LogP contribution is 2.13. The van der Waals surface area contributed by atoms with E-state index in [1.807, 2.05) is 19.1 Å². The van der Waals surface area contributed by atoms with Crippen LogP contribution in [0.2, 0.25) is 0 Å². The zero-order valence-electron chi connectivity index (χ0n) is 11.9. The average Bonchev–Trinajstić information content (AvgIpc) is 2.25. The highest BCUT2D eigenvalue weighted by Gasteiger charge is 2.09. The van der Waals surface area contributed by atoms with Gasteiger partial charge in [0.25, 0.3) is 0 Å². The molecule has 0 fully saturated rings. The molecule has 1 rings (SSSR count). The molecule has 0 aliphatic heterocycles. The van der Waals surface area contributed by atoms with Gasteiger partial charge in [0.05, 0.1) is 6.61 Å². The van der Waals surface area contributed by atoms with Crippen molar-refractivity contribution >= 4 is 0 Å². The summed E-state index contributed by atoms with van der Waals surface area (Å²) in [5.41, 5.74) is 2.30. The lowest BCUT2D eigenvalue weighted by Gasteiger charge is -2.20. The van der Waals surface area contributed by atoms with Gasteiger partial charge in [0.1, 0.15) is 0 Å². The van der Waals surface area contributed by atoms with Gasteiger partial charge in [-0.1, -0.05) is 6.08 Å². The van der Waals surface area contributed by atoms with E-state index in [9.17, 15) is 0 Å². The van der Waals surface area contributed by atoms with Crippen molar-refractivity contribution in [3.63, 3.8) is 0 Å². The summed E-state index contributed by atoms with van der Waals surface area (Å²) in [6, 6.07) is 4.08. The van der Waals surface area contributed by atoms with Crippen molar-refractivity contribution in [3.05, 3.63) is 36.0 Å². The Kier molecular flexibility index (Phi) is 5.35. The van der Waals surface area contributed by atoms with Crippen LogP contribution in [0, 0.1) is 6.92 Å². The van der Waals surface area contributed by atoms with E-state index in [4.69, 9.17) is 4.74 Å². The van der Waals surface area contributed by atoms with Gasteiger partial charge in [0.15, 0.2) is 0 Å². The van der Waals surface area contributed by atoms with E-state index in [0.717, 1.165) is 18.7 Å². The van der Waals surface area contributed by atoms with Crippen molar-refractivity contribution in [2.24, 2.45) is 0 Å². The third-order valence-electron chi connectivity index (χ3n) is 2.38. The first-order valence-electron chi connectivity index (χ1n) is 6.37. The maximum atomic E-state index is 5.59. The van der Waals surface area contributed by atoms with Gasteiger partial charge in [-0.2, -0.15) is 0 Å². The van der Waals surface area contributed by atoms with Crippen LogP contribution in [0.4, 0.5) is 0 Å². The number of hydrogen-bond donors (Lipinski definition) is 1. The van der Waals surface area contributed by atoms with E-state index in [1.165, 1.54) is 5.56 Å². The van der Waals surface area contributed by atoms with Gasteiger partial charge >= 0.3 is 0 Å². The Hall–Kier alpha value is -1.35. The summed E-state index contributed by atoms with van der Waals surface area (Å²) in [6.07, 6.45) is 2.68. The Morgan fingerprint density at radius 3 is 2.72 bits per heavy atom. The number of rotatable bonds is 6. The maximum absolute atomic E-state index is 5.59. The number of nitrogens with zero attached hydrogens (tertiary/aromatic N) is 1. The summed E-state index contributed by atoms with van der Waals surface area (Å²) in [5, 5.41) is 3.46. The molecular weight excluding hydrogens is 224 g/mol. The third kappa shape index (κ3) is 5.82. The van der Waals surface area contributed by atoms with Crippen LogP contribution in [0.5, 0.6) is 5.88 Å². The number of aromatic nitrogens is 1. The summed E-state index contributed by atoms with van der Waals surface area (Å²) in [7, 11) is 0. The Balaban J connectivity index is 2.65. The largest absolute Gasteiger partial charge is 0.477 e. The molecule has 0 bridgehead atoms. The van der Waals surface area contributed by atoms with Crippen LogP contribution < -0.4 is 10.1 Å². The molecule has 1 N–H and O–H groups in total. The van der Waals surface area contributed by atoms with Crippen LogP contribution in [0.3, 0.4) is 0 Å². The van der Waals surface area contributed by atoms with Crippen LogP contribution in [-0.2, 0) is 6.54 Å². The second-order valence-electron chi connectivity index (χ2n) is 5.48. The summed E-state index contributed by atoms with van der Waals surface area (Å²) >= 11 is 0. The predicted octanol–water partition coefficient (Wildman–Crippen LogP) is 3.23. The van der Waals surface area contributed by atoms with Crippen molar-refractivity contribution in [2.75, 3.05) is 6.61 Å². The number of pyridine rings is 1. The summed E-state index contributed by atoms with van der Waals surface area (Å²) < 4.78 is 5.59. The van der Waals surface area contributed by atoms with Gasteiger partial charge in [-0.05, 0) is 45.7 Å². The molecule has 0 aliphatic rings. The Bertz CT molecular complexity index is 394. The highest BCUT2D eigenvalue weighted by molar-refractivity contribution is 5.24. The molecule has 18 heavy (non-hydrogen) atoms. The molecule has 1 heterocycles. The molecule has 0 aliphatic carbocycles. The van der Waals surface area contributed by atoms with E-state index in [1.54, 1.807) is 0 Å². The Morgan fingerprint density at radius 2 is 2.11 bits per heavy atom. The molecule has 1 aromatic heterocycles. The molecule has 3 heteroatoms. The minimum atomic E-state index is 0.112.